The van der Waals surface area contributed by atoms with Gasteiger partial charge in [0, 0.05) is 6.07 Å². The Kier molecular flexibility index (Phi) is 3.18. The molecule has 0 radical (unpaired) electrons. The largest absolute Gasteiger partial charge is 0.376 e. The molecule has 18 heavy (non-hydrogen) atoms. The Morgan fingerprint density at radius 3 is 3.00 bits per heavy atom. The number of fused-ring (bicyclic) bond motifs is 1. The molecule has 0 saturated heterocycles. The average molecular weight is 270 g/mol. The number of benzene rings is 1. The average Bonchev–Trinajstić information content (AvgIpc) is 2.66. The maximum absolute atomic E-state index is 13.2. The molecule has 1 aliphatic carbocycles. The third kappa shape index (κ3) is 2.20. The van der Waals surface area contributed by atoms with Crippen LogP contribution >= 0.6 is 11.6 Å². The summed E-state index contributed by atoms with van der Waals surface area (Å²) < 4.78 is 20.6. The number of ether oxygens (including phenoxy) is 1. The van der Waals surface area contributed by atoms with E-state index in [0.717, 1.165) is 18.4 Å². The van der Waals surface area contributed by atoms with Gasteiger partial charge in [-0.25, -0.2) is 9.07 Å². The lowest BCUT2D eigenvalue weighted by Gasteiger charge is -2.25. The lowest BCUT2D eigenvalue weighted by Crippen LogP contribution is -2.23. The van der Waals surface area contributed by atoms with Crippen molar-refractivity contribution in [3.8, 4) is 0 Å². The molecule has 1 aromatic carbocycles. The van der Waals surface area contributed by atoms with Crippen LogP contribution in [0.15, 0.2) is 12.1 Å². The highest BCUT2D eigenvalue weighted by atomic mass is 35.5. The molecule has 96 valence electrons. The van der Waals surface area contributed by atoms with Crippen molar-refractivity contribution in [1.82, 2.24) is 15.0 Å². The minimum absolute atomic E-state index is 0.0889. The zero-order chi connectivity index (χ0) is 12.5. The summed E-state index contributed by atoms with van der Waals surface area (Å²) in [5, 5.41) is 7.98. The van der Waals surface area contributed by atoms with E-state index < -0.39 is 5.82 Å². The van der Waals surface area contributed by atoms with E-state index >= 15 is 0 Å². The van der Waals surface area contributed by atoms with Crippen molar-refractivity contribution >= 4 is 22.6 Å². The van der Waals surface area contributed by atoms with Gasteiger partial charge < -0.3 is 4.74 Å². The molecule has 1 aliphatic rings. The lowest BCUT2D eigenvalue weighted by atomic mass is 9.96. The summed E-state index contributed by atoms with van der Waals surface area (Å²) in [4.78, 5) is 0. The van der Waals surface area contributed by atoms with Crippen molar-refractivity contribution in [2.75, 3.05) is 6.61 Å². The van der Waals surface area contributed by atoms with Gasteiger partial charge in [0.2, 0.25) is 0 Å². The Bertz CT molecular complexity index is 568. The first-order chi connectivity index (χ1) is 8.74. The van der Waals surface area contributed by atoms with E-state index in [-0.39, 0.29) is 5.02 Å². The fourth-order valence-corrected chi connectivity index (χ4v) is 2.13. The van der Waals surface area contributed by atoms with E-state index in [1.165, 1.54) is 12.5 Å². The van der Waals surface area contributed by atoms with Gasteiger partial charge in [-0.2, -0.15) is 0 Å². The Morgan fingerprint density at radius 2 is 2.28 bits per heavy atom. The number of halogens is 2. The van der Waals surface area contributed by atoms with Gasteiger partial charge in [-0.3, -0.25) is 0 Å². The molecule has 0 amide bonds. The fraction of sp³-hybridized carbons (Fsp3) is 0.500. The van der Waals surface area contributed by atoms with Crippen LogP contribution in [0.3, 0.4) is 0 Å². The molecule has 6 heteroatoms. The molecule has 0 bridgehead atoms. The first kappa shape index (κ1) is 11.9. The van der Waals surface area contributed by atoms with Crippen LogP contribution in [-0.4, -0.2) is 27.7 Å². The standard InChI is InChI=1S/C12H13ClFN3O/c13-9-6-12-11(7-10(9)14)15-16-17(12)4-5-18-8-2-1-3-8/h6-8H,1-5H2. The van der Waals surface area contributed by atoms with Crippen molar-refractivity contribution in [2.45, 2.75) is 31.9 Å². The topological polar surface area (TPSA) is 39.9 Å². The van der Waals surface area contributed by atoms with Crippen LogP contribution in [0.2, 0.25) is 5.02 Å². The molecule has 3 rings (SSSR count). The van der Waals surface area contributed by atoms with Crippen LogP contribution in [0.25, 0.3) is 11.0 Å². The van der Waals surface area contributed by atoms with Crippen LogP contribution in [0, 0.1) is 5.82 Å². The molecule has 1 fully saturated rings. The molecule has 1 heterocycles. The number of hydrogen-bond acceptors (Lipinski definition) is 3. The van der Waals surface area contributed by atoms with Crippen molar-refractivity contribution in [1.29, 1.82) is 0 Å². The second-order valence-corrected chi connectivity index (χ2v) is 4.90. The molecule has 1 saturated carbocycles. The molecule has 0 spiro atoms. The van der Waals surface area contributed by atoms with Crippen LogP contribution in [0.4, 0.5) is 4.39 Å². The van der Waals surface area contributed by atoms with Crippen LogP contribution in [-0.2, 0) is 11.3 Å². The van der Waals surface area contributed by atoms with Gasteiger partial charge in [0.15, 0.2) is 0 Å². The van der Waals surface area contributed by atoms with Crippen molar-refractivity contribution in [3.05, 3.63) is 23.0 Å². The number of aromatic nitrogens is 3. The summed E-state index contributed by atoms with van der Waals surface area (Å²) in [6.45, 7) is 1.20. The predicted molar refractivity (Wildman–Crippen MR) is 66.1 cm³/mol. The zero-order valence-corrected chi connectivity index (χ0v) is 10.5. The van der Waals surface area contributed by atoms with Gasteiger partial charge >= 0.3 is 0 Å². The zero-order valence-electron chi connectivity index (χ0n) is 9.77. The van der Waals surface area contributed by atoms with Crippen LogP contribution in [0.5, 0.6) is 0 Å². The smallest absolute Gasteiger partial charge is 0.144 e. The van der Waals surface area contributed by atoms with Gasteiger partial charge in [-0.15, -0.1) is 5.10 Å². The van der Waals surface area contributed by atoms with Gasteiger partial charge in [0.1, 0.15) is 11.3 Å². The summed E-state index contributed by atoms with van der Waals surface area (Å²) in [5.41, 5.74) is 1.25. The third-order valence-electron chi connectivity index (χ3n) is 3.26. The molecular weight excluding hydrogens is 257 g/mol. The second kappa shape index (κ2) is 4.82. The maximum Gasteiger partial charge on any atom is 0.144 e. The molecule has 4 nitrogen and oxygen atoms in total. The summed E-state index contributed by atoms with van der Waals surface area (Å²) >= 11 is 5.76. The molecule has 0 unspecified atom stereocenters. The Labute approximate surface area is 109 Å². The van der Waals surface area contributed by atoms with Gasteiger partial charge in [0.25, 0.3) is 0 Å². The predicted octanol–water partition coefficient (Wildman–Crippen LogP) is 2.79. The third-order valence-corrected chi connectivity index (χ3v) is 3.55. The Morgan fingerprint density at radius 1 is 1.44 bits per heavy atom. The van der Waals surface area contributed by atoms with Gasteiger partial charge in [0.05, 0.1) is 29.8 Å². The maximum atomic E-state index is 13.2. The highest BCUT2D eigenvalue weighted by molar-refractivity contribution is 6.31. The first-order valence-electron chi connectivity index (χ1n) is 6.04. The summed E-state index contributed by atoms with van der Waals surface area (Å²) in [7, 11) is 0. The SMILES string of the molecule is Fc1cc2nnn(CCOC3CCC3)c2cc1Cl. The number of hydrogen-bond donors (Lipinski definition) is 0. The van der Waals surface area contributed by atoms with E-state index in [1.807, 2.05) is 0 Å². The Hall–Kier alpha value is -1.20. The van der Waals surface area contributed by atoms with Gasteiger partial charge in [-0.05, 0) is 25.3 Å². The fourth-order valence-electron chi connectivity index (χ4n) is 1.97. The summed E-state index contributed by atoms with van der Waals surface area (Å²) in [6, 6.07) is 2.85. The molecule has 2 aromatic rings. The highest BCUT2D eigenvalue weighted by Crippen LogP contribution is 2.23. The van der Waals surface area contributed by atoms with Crippen LogP contribution in [0.1, 0.15) is 19.3 Å². The van der Waals surface area contributed by atoms with E-state index in [1.54, 1.807) is 10.7 Å². The van der Waals surface area contributed by atoms with Crippen LogP contribution < -0.4 is 0 Å². The Balaban J connectivity index is 1.73. The molecule has 0 atom stereocenters. The normalized spacial score (nSPS) is 16.1. The van der Waals surface area contributed by atoms with Gasteiger partial charge in [-0.1, -0.05) is 16.8 Å². The highest BCUT2D eigenvalue weighted by Gasteiger charge is 2.17. The number of rotatable bonds is 4. The molecule has 1 aromatic heterocycles. The van der Waals surface area contributed by atoms with Crippen molar-refractivity contribution in [3.63, 3.8) is 0 Å². The quantitative estimate of drug-likeness (QED) is 0.857. The minimum atomic E-state index is -0.470. The van der Waals surface area contributed by atoms with E-state index in [2.05, 4.69) is 10.3 Å². The monoisotopic (exact) mass is 269 g/mol. The summed E-state index contributed by atoms with van der Waals surface area (Å²) in [6.07, 6.45) is 3.96. The van der Waals surface area contributed by atoms with E-state index in [4.69, 9.17) is 16.3 Å². The van der Waals surface area contributed by atoms with Crippen molar-refractivity contribution in [2.24, 2.45) is 0 Å². The molecule has 0 aliphatic heterocycles. The first-order valence-corrected chi connectivity index (χ1v) is 6.41. The van der Waals surface area contributed by atoms with E-state index in [0.29, 0.717) is 24.8 Å². The van der Waals surface area contributed by atoms with E-state index in [9.17, 15) is 4.39 Å². The molecule has 0 N–H and O–H groups in total. The molecular formula is C12H13ClFN3O. The number of nitrogens with zero attached hydrogens (tertiary/aromatic N) is 3. The lowest BCUT2D eigenvalue weighted by molar-refractivity contribution is -0.00212. The van der Waals surface area contributed by atoms with Crippen molar-refractivity contribution < 1.29 is 9.13 Å². The summed E-state index contributed by atoms with van der Waals surface area (Å²) in [5.74, 6) is -0.470. The second-order valence-electron chi connectivity index (χ2n) is 4.49. The minimum Gasteiger partial charge on any atom is -0.376 e.